The number of unbranched alkanes of at least 4 members (excludes halogenated alkanes) is 1. The average Bonchev–Trinajstić information content (AvgIpc) is 2.49. The van der Waals surface area contributed by atoms with Crippen LogP contribution in [0, 0.1) is 0 Å². The Hall–Kier alpha value is -0.120. The predicted octanol–water partition coefficient (Wildman–Crippen LogP) is 1.66. The molecule has 0 aromatic carbocycles. The van der Waals surface area contributed by atoms with Crippen LogP contribution < -0.4 is 5.73 Å². The fourth-order valence-electron chi connectivity index (χ4n) is 1.80. The molecule has 1 aliphatic rings. The maximum Gasteiger partial charge on any atom is 0.169 e. The summed E-state index contributed by atoms with van der Waals surface area (Å²) in [5, 5.41) is 0. The highest BCUT2D eigenvalue weighted by Crippen LogP contribution is 2.29. The van der Waals surface area contributed by atoms with Crippen molar-refractivity contribution in [3.63, 3.8) is 0 Å². The highest BCUT2D eigenvalue weighted by Gasteiger charge is 2.36. The van der Waals surface area contributed by atoms with Crippen LogP contribution in [0.2, 0.25) is 0 Å². The standard InChI is InChI=1S/C10H21NO2/c1-3-4-5-10(8-9(2)11)12-6-7-13-10/h9H,3-8,11H2,1-2H3/t9-/m0/s1. The normalized spacial score (nSPS) is 23.3. The summed E-state index contributed by atoms with van der Waals surface area (Å²) in [6, 6.07) is 0.148. The molecule has 0 aliphatic carbocycles. The summed E-state index contributed by atoms with van der Waals surface area (Å²) < 4.78 is 11.3. The Morgan fingerprint density at radius 3 is 2.46 bits per heavy atom. The quantitative estimate of drug-likeness (QED) is 0.712. The number of rotatable bonds is 5. The van der Waals surface area contributed by atoms with Crippen molar-refractivity contribution in [3.8, 4) is 0 Å². The van der Waals surface area contributed by atoms with E-state index in [0.717, 1.165) is 32.5 Å². The van der Waals surface area contributed by atoms with E-state index < -0.39 is 0 Å². The third kappa shape index (κ3) is 3.25. The molecular formula is C10H21NO2. The first-order chi connectivity index (χ1) is 6.18. The molecule has 0 bridgehead atoms. The third-order valence-corrected chi connectivity index (χ3v) is 2.36. The van der Waals surface area contributed by atoms with Crippen molar-refractivity contribution in [2.75, 3.05) is 13.2 Å². The van der Waals surface area contributed by atoms with Crippen LogP contribution in [0.3, 0.4) is 0 Å². The Bertz CT molecular complexity index is 142. The number of ether oxygens (including phenoxy) is 2. The molecule has 0 saturated carbocycles. The summed E-state index contributed by atoms with van der Waals surface area (Å²) >= 11 is 0. The van der Waals surface area contributed by atoms with Gasteiger partial charge in [0.2, 0.25) is 0 Å². The van der Waals surface area contributed by atoms with Crippen LogP contribution in [-0.2, 0) is 9.47 Å². The molecule has 13 heavy (non-hydrogen) atoms. The van der Waals surface area contributed by atoms with Gasteiger partial charge in [0, 0.05) is 18.9 Å². The zero-order valence-corrected chi connectivity index (χ0v) is 8.71. The number of hydrogen-bond donors (Lipinski definition) is 1. The van der Waals surface area contributed by atoms with Crippen molar-refractivity contribution in [2.24, 2.45) is 5.73 Å². The van der Waals surface area contributed by atoms with Crippen LogP contribution in [0.1, 0.15) is 39.5 Å². The van der Waals surface area contributed by atoms with Crippen molar-refractivity contribution in [2.45, 2.75) is 51.4 Å². The molecule has 1 saturated heterocycles. The molecule has 0 radical (unpaired) electrons. The van der Waals surface area contributed by atoms with E-state index in [4.69, 9.17) is 15.2 Å². The van der Waals surface area contributed by atoms with Crippen LogP contribution in [0.15, 0.2) is 0 Å². The lowest BCUT2D eigenvalue weighted by atomic mass is 10.0. The Kier molecular flexibility index (Phi) is 4.16. The third-order valence-electron chi connectivity index (χ3n) is 2.36. The SMILES string of the molecule is CCCCC1(C[C@H](C)N)OCCO1. The highest BCUT2D eigenvalue weighted by molar-refractivity contribution is 4.77. The van der Waals surface area contributed by atoms with Gasteiger partial charge in [-0.2, -0.15) is 0 Å². The molecule has 0 spiro atoms. The summed E-state index contributed by atoms with van der Waals surface area (Å²) in [5.74, 6) is -0.357. The topological polar surface area (TPSA) is 44.5 Å². The largest absolute Gasteiger partial charge is 0.347 e. The maximum absolute atomic E-state index is 5.77. The molecular weight excluding hydrogens is 166 g/mol. The molecule has 3 nitrogen and oxygen atoms in total. The average molecular weight is 187 g/mol. The minimum atomic E-state index is -0.357. The van der Waals surface area contributed by atoms with Crippen molar-refractivity contribution < 1.29 is 9.47 Å². The van der Waals surface area contributed by atoms with E-state index in [9.17, 15) is 0 Å². The summed E-state index contributed by atoms with van der Waals surface area (Å²) in [6.07, 6.45) is 4.11. The smallest absolute Gasteiger partial charge is 0.169 e. The van der Waals surface area contributed by atoms with Crippen LogP contribution in [0.5, 0.6) is 0 Å². The number of nitrogens with two attached hydrogens (primary N) is 1. The van der Waals surface area contributed by atoms with Crippen molar-refractivity contribution >= 4 is 0 Å². The van der Waals surface area contributed by atoms with Gasteiger partial charge < -0.3 is 15.2 Å². The van der Waals surface area contributed by atoms with Crippen LogP contribution in [0.4, 0.5) is 0 Å². The minimum Gasteiger partial charge on any atom is -0.347 e. The van der Waals surface area contributed by atoms with E-state index in [0.29, 0.717) is 0 Å². The van der Waals surface area contributed by atoms with Gasteiger partial charge in [0.25, 0.3) is 0 Å². The molecule has 2 N–H and O–H groups in total. The van der Waals surface area contributed by atoms with E-state index in [1.54, 1.807) is 0 Å². The van der Waals surface area contributed by atoms with Gasteiger partial charge in [-0.25, -0.2) is 0 Å². The Morgan fingerprint density at radius 2 is 2.00 bits per heavy atom. The molecule has 1 fully saturated rings. The Balaban J connectivity index is 2.42. The molecule has 78 valence electrons. The summed E-state index contributed by atoms with van der Waals surface area (Å²) in [6.45, 7) is 5.61. The van der Waals surface area contributed by atoms with Gasteiger partial charge in [-0.3, -0.25) is 0 Å². The molecule has 0 aromatic rings. The lowest BCUT2D eigenvalue weighted by molar-refractivity contribution is -0.169. The van der Waals surface area contributed by atoms with Gasteiger partial charge in [0.05, 0.1) is 13.2 Å². The van der Waals surface area contributed by atoms with Gasteiger partial charge in [0.1, 0.15) is 0 Å². The van der Waals surface area contributed by atoms with Gasteiger partial charge in [-0.05, 0) is 13.3 Å². The highest BCUT2D eigenvalue weighted by atomic mass is 16.7. The second kappa shape index (κ2) is 4.94. The molecule has 1 atom stereocenters. The Labute approximate surface area is 80.6 Å². The van der Waals surface area contributed by atoms with Gasteiger partial charge in [0.15, 0.2) is 5.79 Å². The molecule has 0 amide bonds. The fraction of sp³-hybridized carbons (Fsp3) is 1.00. The summed E-state index contributed by atoms with van der Waals surface area (Å²) in [4.78, 5) is 0. The summed E-state index contributed by atoms with van der Waals surface area (Å²) in [7, 11) is 0. The molecule has 0 aromatic heterocycles. The first-order valence-electron chi connectivity index (χ1n) is 5.22. The fourth-order valence-corrected chi connectivity index (χ4v) is 1.80. The minimum absolute atomic E-state index is 0.148. The Morgan fingerprint density at radius 1 is 1.38 bits per heavy atom. The van der Waals surface area contributed by atoms with Gasteiger partial charge in [-0.1, -0.05) is 13.3 Å². The lowest BCUT2D eigenvalue weighted by Gasteiger charge is -2.28. The predicted molar refractivity (Wildman–Crippen MR) is 52.4 cm³/mol. The maximum atomic E-state index is 5.77. The van der Waals surface area contributed by atoms with Crippen LogP contribution >= 0.6 is 0 Å². The molecule has 0 unspecified atom stereocenters. The van der Waals surface area contributed by atoms with Crippen LogP contribution in [0.25, 0.3) is 0 Å². The zero-order chi connectivity index (χ0) is 9.73. The van der Waals surface area contributed by atoms with Gasteiger partial charge >= 0.3 is 0 Å². The van der Waals surface area contributed by atoms with E-state index in [-0.39, 0.29) is 11.8 Å². The lowest BCUT2D eigenvalue weighted by Crippen LogP contribution is -2.36. The second-order valence-electron chi connectivity index (χ2n) is 3.89. The number of hydrogen-bond acceptors (Lipinski definition) is 3. The molecule has 1 heterocycles. The molecule has 1 aliphatic heterocycles. The van der Waals surface area contributed by atoms with Crippen molar-refractivity contribution in [1.82, 2.24) is 0 Å². The van der Waals surface area contributed by atoms with E-state index >= 15 is 0 Å². The molecule has 1 rings (SSSR count). The van der Waals surface area contributed by atoms with Crippen molar-refractivity contribution in [1.29, 1.82) is 0 Å². The first-order valence-corrected chi connectivity index (χ1v) is 5.22. The van der Waals surface area contributed by atoms with Crippen LogP contribution in [-0.4, -0.2) is 25.0 Å². The summed E-state index contributed by atoms with van der Waals surface area (Å²) in [5.41, 5.74) is 5.77. The van der Waals surface area contributed by atoms with E-state index in [1.165, 1.54) is 6.42 Å². The first kappa shape index (κ1) is 11.0. The van der Waals surface area contributed by atoms with Crippen molar-refractivity contribution in [3.05, 3.63) is 0 Å². The monoisotopic (exact) mass is 187 g/mol. The van der Waals surface area contributed by atoms with Gasteiger partial charge in [-0.15, -0.1) is 0 Å². The second-order valence-corrected chi connectivity index (χ2v) is 3.89. The van der Waals surface area contributed by atoms with E-state index in [1.807, 2.05) is 6.92 Å². The zero-order valence-electron chi connectivity index (χ0n) is 8.71. The molecule has 3 heteroatoms. The van der Waals surface area contributed by atoms with E-state index in [2.05, 4.69) is 6.92 Å².